The predicted molar refractivity (Wildman–Crippen MR) is 729 cm³/mol. The van der Waals surface area contributed by atoms with E-state index in [0.717, 1.165) is 0 Å². The van der Waals surface area contributed by atoms with Crippen molar-refractivity contribution in [3.8, 4) is 0 Å². The third kappa shape index (κ3) is 20.4. The summed E-state index contributed by atoms with van der Waals surface area (Å²) in [5.41, 5.74) is 0. The Kier molecular flexibility index (Phi) is 53.8. The first-order chi connectivity index (χ1) is 41.4. The Morgan fingerprint density at radius 3 is 0.170 bits per heavy atom. The van der Waals surface area contributed by atoms with E-state index in [1.54, 1.807) is 0 Å². The summed E-state index contributed by atoms with van der Waals surface area (Å²) in [6.45, 7) is 0. The Morgan fingerprint density at radius 2 is 0.130 bits per heavy atom. The quantitative estimate of drug-likeness (QED) is 0.0377. The maximum absolute atomic E-state index is 6.23. The zero-order valence-electron chi connectivity index (χ0n) is 41.4. The molecule has 0 amide bonds. The van der Waals surface area contributed by atoms with Gasteiger partial charge in [-0.3, -0.25) is 14.1 Å². The van der Waals surface area contributed by atoms with Crippen LogP contribution in [0.5, 0.6) is 0 Å². The zero-order chi connectivity index (χ0) is 82.7. The van der Waals surface area contributed by atoms with Crippen LogP contribution < -0.4 is 51.4 Å². The molecule has 0 aromatic rings. The van der Waals surface area contributed by atoms with Crippen LogP contribution in [0.25, 0.3) is 0 Å². The Labute approximate surface area is 934 Å². The van der Waals surface area contributed by atoms with Crippen LogP contribution in [0.15, 0.2) is 0 Å². The molecule has 0 aliphatic rings. The van der Waals surface area contributed by atoms with Crippen LogP contribution >= 0.6 is 0 Å². The summed E-state index contributed by atoms with van der Waals surface area (Å²) in [5.74, 6) is 0. The number of hydrogen-bond acceptors (Lipinski definition) is 68. The van der Waals surface area contributed by atoms with E-state index in [1.807, 2.05) is 0 Å². The van der Waals surface area contributed by atoms with Gasteiger partial charge < -0.3 is 0 Å². The summed E-state index contributed by atoms with van der Waals surface area (Å²) in [4.78, 5) is 0. The zero-order valence-corrected chi connectivity index (χ0v) is 125. The molecule has 0 atom stereocenters. The van der Waals surface area contributed by atoms with Crippen molar-refractivity contribution in [2.45, 2.75) is 0 Å². The molecule has 0 aliphatic heterocycles. The van der Waals surface area contributed by atoms with Gasteiger partial charge in [0.1, 0.15) is 0 Å². The van der Waals surface area contributed by atoms with Gasteiger partial charge in [0.2, 0.25) is 0 Å². The first-order valence-electron chi connectivity index (χ1n) is 16.3. The van der Waals surface area contributed by atoms with Gasteiger partial charge in [-0.25, -0.2) is 44.8 Å². The van der Waals surface area contributed by atoms with Crippen LogP contribution in [0.2, 0.25) is 0 Å². The summed E-state index contributed by atoms with van der Waals surface area (Å²) in [6, 6.07) is 0. The van der Waals surface area contributed by atoms with E-state index >= 15 is 0 Å². The third-order valence-electron chi connectivity index (χ3n) is 7.83. The molecule has 0 nitrogen and oxygen atoms in total. The van der Waals surface area contributed by atoms with Gasteiger partial charge in [-0.15, -0.1) is 0 Å². The van der Waals surface area contributed by atoms with Crippen LogP contribution in [-0.4, -0.2) is 0 Å². The summed E-state index contributed by atoms with van der Waals surface area (Å²) < 4.78 is 0. The molecule has 0 saturated heterocycles. The first kappa shape index (κ1) is 130. The van der Waals surface area contributed by atoms with Crippen LogP contribution in [0.3, 0.4) is 0 Å². The maximum Gasteiger partial charge on any atom is 1.00 e. The van der Waals surface area contributed by atoms with E-state index in [9.17, 15) is 0 Å². The van der Waals surface area contributed by atoms with Gasteiger partial charge in [-0.05, 0) is 649 Å². The second kappa shape index (κ2) is 41.5. The minimum atomic E-state index is -4.21. The molecular formula is KS99-. The van der Waals surface area contributed by atoms with Gasteiger partial charge in [-0.1, -0.05) is 55.2 Å². The first-order valence-corrected chi connectivity index (χ1v) is 147. The van der Waals surface area contributed by atoms with Gasteiger partial charge in [0, 0.05) is 151 Å². The molecule has 0 fully saturated rings. The standard InChI is InChI=1S/K.S99/c;1-67(2)69(5,6)71(9,10)73(13,14)75(17,18)77(21,22)79(25,26)81(29,30)83(33,34)85(37,38)87(41,42)89(45,46)91(49,50)93(53,54)95(57,58)97(61,62)99(65,66)98(63,64)96(59,60)94(55,56)92(51,52)90(47,48)88(43,44)86(39,40)84(35,36)82(31,32)80(27,28)78(23,24)76(19,20)74(15,16)72(11,12)70(7,8)68(3)4/q+1;-2. The SMILES string of the molecule is S=[S-](=S)S(=S)(=S)S(=S)(=S)S(=S)(=S)S(=S)(=S)S(=S)(=S)S(=S)(=S)S(=S)(=S)S(=S)(=S)S(=S)(=S)S(=S)(=S)S(=S)(=S)S(=S)(=S)S(=S)(=S)S(=S)(=S)S(=S)(=S)S(=S)(=S)S(=S)(=S)S(=S)(=S)S(=S)(=S)S(=S)(=S)S(=S)(=S)S(=S)(=S)S(=S)(=S)S(=S)(=S)S(=S)(=S)S(=S)(=S)S(=S)(=S)S(=S)(=S)S(=S)(=S)S(=S)(=S)S(=S)(=S)[S-](=S)=S.[K+]. The molecule has 0 radical (unpaired) electrons. The fourth-order valence-electron chi connectivity index (χ4n) is 3.10. The Bertz CT molecular complexity index is 7340. The molecule has 0 bridgehead atoms. The second-order valence-corrected chi connectivity index (χ2v) is 353. The molecule has 100 heavy (non-hydrogen) atoms. The van der Waals surface area contributed by atoms with Crippen LogP contribution in [0.1, 0.15) is 0 Å². The van der Waals surface area contributed by atoms with E-state index in [2.05, 4.69) is 0 Å². The van der Waals surface area contributed by atoms with Crippen LogP contribution in [-0.2, 0) is 914 Å². The predicted octanol–water partition coefficient (Wildman–Crippen LogP) is -3.23. The van der Waals surface area contributed by atoms with Gasteiger partial charge in [0.25, 0.3) is 0 Å². The van der Waals surface area contributed by atoms with E-state index in [4.69, 9.17) is 738 Å². The molecule has 0 aromatic heterocycles. The van der Waals surface area contributed by atoms with Crippen molar-refractivity contribution in [3.05, 3.63) is 0 Å². The van der Waals surface area contributed by atoms with E-state index < -0.39 is 176 Å². The molecule has 100 heteroatoms. The molecule has 0 aromatic carbocycles. The van der Waals surface area contributed by atoms with Crippen molar-refractivity contribution in [1.82, 2.24) is 0 Å². The summed E-state index contributed by atoms with van der Waals surface area (Å²) in [7, 11) is -3.20. The van der Waals surface area contributed by atoms with Crippen molar-refractivity contribution in [1.29, 1.82) is 0 Å². The number of rotatable bonds is 32. The van der Waals surface area contributed by atoms with Crippen molar-refractivity contribution < 1.29 is 51.4 Å². The van der Waals surface area contributed by atoms with Gasteiger partial charge in [0.15, 0.2) is 0 Å². The molecule has 596 valence electrons. The topological polar surface area (TPSA) is 0 Å². The molecule has 0 rings (SSSR count). The minimum absolute atomic E-state index is 0. The van der Waals surface area contributed by atoms with Crippen molar-refractivity contribution in [2.24, 2.45) is 0 Å². The van der Waals surface area contributed by atoms with E-state index in [0.29, 0.717) is 0 Å². The van der Waals surface area contributed by atoms with Gasteiger partial charge >= 0.3 is 51.4 Å². The van der Waals surface area contributed by atoms with Gasteiger partial charge in [-0.2, -0.15) is 0 Å². The molecule has 0 N–H and O–H groups in total. The maximum atomic E-state index is 6.23. The molecule has 0 aliphatic carbocycles. The Morgan fingerprint density at radius 1 is 0.0900 bits per heavy atom. The normalized spacial score (nSPS) is 16.7. The Hall–Kier alpha value is 27.7. The minimum Gasteiger partial charge on any atom is -0.271 e. The second-order valence-electron chi connectivity index (χ2n) is 13.1. The van der Waals surface area contributed by atoms with Crippen molar-refractivity contribution in [2.75, 3.05) is 0 Å². The van der Waals surface area contributed by atoms with Crippen LogP contribution in [0, 0.1) is 0 Å². The molecule has 0 saturated carbocycles. The van der Waals surface area contributed by atoms with Gasteiger partial charge in [0.05, 0.1) is 0 Å². The summed E-state index contributed by atoms with van der Waals surface area (Å²) in [5, 5.41) is -123. The average Bonchev–Trinajstić information content (AvgIpc) is 3.38. The monoisotopic (exact) mass is 3200 g/mol. The third-order valence-corrected chi connectivity index (χ3v) is 634. The summed E-state index contributed by atoms with van der Waals surface area (Å²) >= 11 is 399. The fraction of sp³-hybridized carbons (Fsp3) is 0. The van der Waals surface area contributed by atoms with Crippen LogP contribution in [0.4, 0.5) is 0 Å². The molecule has 0 unspecified atom stereocenters. The summed E-state index contributed by atoms with van der Waals surface area (Å²) in [6.07, 6.45) is 0. The van der Waals surface area contributed by atoms with E-state index in [-0.39, 0.29) is 51.4 Å². The molecular weight excluding hydrogens is 3210 g/mol. The molecule has 0 spiro atoms. The number of hydrogen-bond donors (Lipinski definition) is 0. The largest absolute Gasteiger partial charge is 1.00 e. The molecule has 0 heterocycles. The van der Waals surface area contributed by atoms with Crippen molar-refractivity contribution >= 4 is 914 Å². The smallest absolute Gasteiger partial charge is 0.271 e. The average molecular weight is 3210 g/mol. The van der Waals surface area contributed by atoms with E-state index in [1.165, 1.54) is 0 Å². The fourth-order valence-corrected chi connectivity index (χ4v) is 752. The van der Waals surface area contributed by atoms with Crippen molar-refractivity contribution in [3.63, 3.8) is 0 Å². The Balaban J connectivity index is 0.